The minimum Gasteiger partial charge on any atom is -0.399 e. The van der Waals surface area contributed by atoms with Gasteiger partial charge >= 0.3 is 6.18 Å². The van der Waals surface area contributed by atoms with Crippen molar-refractivity contribution < 1.29 is 27.7 Å². The molecule has 6 nitrogen and oxygen atoms in total. The van der Waals surface area contributed by atoms with E-state index in [2.05, 4.69) is 20.3 Å². The van der Waals surface area contributed by atoms with Crippen molar-refractivity contribution in [2.45, 2.75) is 33.6 Å². The molecular weight excluding hydrogens is 411 g/mol. The van der Waals surface area contributed by atoms with Crippen LogP contribution in [0.15, 0.2) is 51.9 Å². The normalized spacial score (nSPS) is 12.9. The first-order chi connectivity index (χ1) is 14.7. The molecule has 0 unspecified atom stereocenters. The SMILES string of the molecule is CO/N=C\c1cccc(C)c1CO/N=C(\C)c1ccc(/C(C)=N\OC)cc1C(F)(F)F. The van der Waals surface area contributed by atoms with E-state index in [1.807, 2.05) is 25.1 Å². The van der Waals surface area contributed by atoms with Gasteiger partial charge in [0.05, 0.1) is 23.2 Å². The summed E-state index contributed by atoms with van der Waals surface area (Å²) in [5.41, 5.74) is 2.32. The summed E-state index contributed by atoms with van der Waals surface area (Å²) in [6.45, 7) is 4.98. The Morgan fingerprint density at radius 1 is 1.00 bits per heavy atom. The maximum Gasteiger partial charge on any atom is 0.417 e. The molecule has 166 valence electrons. The fourth-order valence-electron chi connectivity index (χ4n) is 2.90. The topological polar surface area (TPSA) is 64.8 Å². The van der Waals surface area contributed by atoms with Gasteiger partial charge in [0.1, 0.15) is 20.8 Å². The van der Waals surface area contributed by atoms with Crippen LogP contribution in [0.2, 0.25) is 0 Å². The molecule has 0 atom stereocenters. The third-order valence-corrected chi connectivity index (χ3v) is 4.51. The average Bonchev–Trinajstić information content (AvgIpc) is 2.72. The first-order valence-corrected chi connectivity index (χ1v) is 9.30. The highest BCUT2D eigenvalue weighted by molar-refractivity contribution is 6.03. The van der Waals surface area contributed by atoms with E-state index in [9.17, 15) is 13.2 Å². The summed E-state index contributed by atoms with van der Waals surface area (Å²) in [5, 5.41) is 11.4. The van der Waals surface area contributed by atoms with Crippen molar-refractivity contribution in [2.24, 2.45) is 15.5 Å². The van der Waals surface area contributed by atoms with Gasteiger partial charge in [0.2, 0.25) is 0 Å². The van der Waals surface area contributed by atoms with Crippen LogP contribution in [0.1, 0.15) is 47.2 Å². The molecule has 0 heterocycles. The highest BCUT2D eigenvalue weighted by atomic mass is 19.4. The Morgan fingerprint density at radius 2 is 1.74 bits per heavy atom. The molecule has 2 aromatic rings. The van der Waals surface area contributed by atoms with Crippen molar-refractivity contribution in [1.82, 2.24) is 0 Å². The molecule has 31 heavy (non-hydrogen) atoms. The Labute approximate surface area is 179 Å². The third kappa shape index (κ3) is 6.31. The van der Waals surface area contributed by atoms with Crippen LogP contribution in [0.4, 0.5) is 13.2 Å². The zero-order valence-electron chi connectivity index (χ0n) is 17.9. The van der Waals surface area contributed by atoms with E-state index in [0.29, 0.717) is 11.3 Å². The molecule has 9 heteroatoms. The number of hydrogen-bond donors (Lipinski definition) is 0. The maximum absolute atomic E-state index is 13.7. The highest BCUT2D eigenvalue weighted by Gasteiger charge is 2.34. The van der Waals surface area contributed by atoms with Crippen LogP contribution in [0, 0.1) is 6.92 Å². The minimum atomic E-state index is -4.57. The van der Waals surface area contributed by atoms with Gasteiger partial charge in [0, 0.05) is 16.7 Å². The van der Waals surface area contributed by atoms with Crippen molar-refractivity contribution in [1.29, 1.82) is 0 Å². The lowest BCUT2D eigenvalue weighted by Crippen LogP contribution is -2.14. The van der Waals surface area contributed by atoms with Crippen LogP contribution in [-0.4, -0.2) is 31.9 Å². The Morgan fingerprint density at radius 3 is 2.39 bits per heavy atom. The second kappa shape index (κ2) is 10.6. The number of halogens is 3. The van der Waals surface area contributed by atoms with Crippen LogP contribution in [0.25, 0.3) is 0 Å². The molecule has 0 aliphatic heterocycles. The number of nitrogens with zero attached hydrogens (tertiary/aromatic N) is 3. The second-order valence-corrected chi connectivity index (χ2v) is 6.63. The summed E-state index contributed by atoms with van der Waals surface area (Å²) in [4.78, 5) is 14.7. The summed E-state index contributed by atoms with van der Waals surface area (Å²) in [6, 6.07) is 9.48. The fourth-order valence-corrected chi connectivity index (χ4v) is 2.90. The number of benzene rings is 2. The molecular formula is C22H24F3N3O3. The standard InChI is InChI=1S/C22H24F3N3O3/c1-14-7-6-8-18(12-26-29-4)20(14)13-31-28-16(3)19-10-9-17(15(2)27-30-5)11-21(19)22(23,24)25/h6-12H,13H2,1-5H3/b26-12-,27-15-,28-16+. The Hall–Kier alpha value is -3.36. The van der Waals surface area contributed by atoms with Crippen molar-refractivity contribution in [3.05, 3.63) is 69.8 Å². The van der Waals surface area contributed by atoms with Gasteiger partial charge in [0.15, 0.2) is 0 Å². The predicted molar refractivity (Wildman–Crippen MR) is 113 cm³/mol. The van der Waals surface area contributed by atoms with E-state index in [1.165, 1.54) is 39.5 Å². The lowest BCUT2D eigenvalue weighted by molar-refractivity contribution is -0.137. The zero-order valence-corrected chi connectivity index (χ0v) is 17.9. The molecule has 0 saturated carbocycles. The molecule has 0 radical (unpaired) electrons. The number of hydrogen-bond acceptors (Lipinski definition) is 6. The van der Waals surface area contributed by atoms with Gasteiger partial charge in [-0.1, -0.05) is 45.8 Å². The van der Waals surface area contributed by atoms with E-state index < -0.39 is 11.7 Å². The zero-order chi connectivity index (χ0) is 23.0. The third-order valence-electron chi connectivity index (χ3n) is 4.51. The number of aryl methyl sites for hydroxylation is 1. The van der Waals surface area contributed by atoms with Gasteiger partial charge in [-0.3, -0.25) is 0 Å². The Balaban J connectivity index is 2.32. The molecule has 0 aliphatic rings. The van der Waals surface area contributed by atoms with Gasteiger partial charge in [-0.05, 0) is 38.0 Å². The van der Waals surface area contributed by atoms with Crippen LogP contribution < -0.4 is 0 Å². The molecule has 0 aromatic heterocycles. The molecule has 0 aliphatic carbocycles. The van der Waals surface area contributed by atoms with Gasteiger partial charge in [-0.2, -0.15) is 13.2 Å². The lowest BCUT2D eigenvalue weighted by Gasteiger charge is -2.14. The molecule has 0 spiro atoms. The summed E-state index contributed by atoms with van der Waals surface area (Å²) in [5.74, 6) is 0. The van der Waals surface area contributed by atoms with Gasteiger partial charge in [0.25, 0.3) is 0 Å². The summed E-state index contributed by atoms with van der Waals surface area (Å²) >= 11 is 0. The van der Waals surface area contributed by atoms with Gasteiger partial charge < -0.3 is 14.5 Å². The van der Waals surface area contributed by atoms with Crippen molar-refractivity contribution in [3.63, 3.8) is 0 Å². The van der Waals surface area contributed by atoms with Crippen molar-refractivity contribution in [3.8, 4) is 0 Å². The van der Waals surface area contributed by atoms with E-state index >= 15 is 0 Å². The molecule has 0 amide bonds. The average molecular weight is 435 g/mol. The number of alkyl halides is 3. The van der Waals surface area contributed by atoms with Crippen LogP contribution >= 0.6 is 0 Å². The molecule has 0 saturated heterocycles. The van der Waals surface area contributed by atoms with E-state index in [0.717, 1.165) is 22.8 Å². The number of oxime groups is 3. The van der Waals surface area contributed by atoms with Crippen molar-refractivity contribution in [2.75, 3.05) is 14.2 Å². The largest absolute Gasteiger partial charge is 0.417 e. The Bertz CT molecular complexity index is 999. The van der Waals surface area contributed by atoms with E-state index in [1.54, 1.807) is 6.92 Å². The maximum atomic E-state index is 13.7. The number of rotatable bonds is 8. The summed E-state index contributed by atoms with van der Waals surface area (Å²) in [7, 11) is 2.76. The monoisotopic (exact) mass is 435 g/mol. The second-order valence-electron chi connectivity index (χ2n) is 6.63. The molecule has 0 N–H and O–H groups in total. The van der Waals surface area contributed by atoms with Crippen molar-refractivity contribution >= 4 is 17.6 Å². The van der Waals surface area contributed by atoms with E-state index in [-0.39, 0.29) is 17.9 Å². The highest BCUT2D eigenvalue weighted by Crippen LogP contribution is 2.33. The van der Waals surface area contributed by atoms with Gasteiger partial charge in [-0.25, -0.2) is 0 Å². The molecule has 0 bridgehead atoms. The van der Waals surface area contributed by atoms with Gasteiger partial charge in [-0.15, -0.1) is 0 Å². The molecule has 0 fully saturated rings. The first kappa shape index (κ1) is 23.9. The Kier molecular flexibility index (Phi) is 8.18. The minimum absolute atomic E-state index is 0.0636. The predicted octanol–water partition coefficient (Wildman–Crippen LogP) is 5.31. The molecule has 2 aromatic carbocycles. The summed E-state index contributed by atoms with van der Waals surface area (Å²) < 4.78 is 41.0. The molecule has 2 rings (SSSR count). The lowest BCUT2D eigenvalue weighted by atomic mass is 9.98. The smallest absolute Gasteiger partial charge is 0.399 e. The first-order valence-electron chi connectivity index (χ1n) is 9.30. The van der Waals surface area contributed by atoms with Crippen LogP contribution in [0.5, 0.6) is 0 Å². The van der Waals surface area contributed by atoms with E-state index in [4.69, 9.17) is 9.68 Å². The van der Waals surface area contributed by atoms with Crippen LogP contribution in [0.3, 0.4) is 0 Å². The fraction of sp³-hybridized carbons (Fsp3) is 0.318. The quantitative estimate of drug-likeness (QED) is 0.417. The summed E-state index contributed by atoms with van der Waals surface area (Å²) in [6.07, 6.45) is -3.04. The van der Waals surface area contributed by atoms with Crippen LogP contribution in [-0.2, 0) is 27.3 Å².